The first-order valence-electron chi connectivity index (χ1n) is 5.71. The topological polar surface area (TPSA) is 42.4 Å². The number of aromatic nitrogens is 1. The third-order valence-corrected chi connectivity index (χ3v) is 3.75. The average Bonchev–Trinajstić information content (AvgIpc) is 3.07. The number of aryl methyl sites for hydroxylation is 1. The molecule has 0 unspecified atom stereocenters. The summed E-state index contributed by atoms with van der Waals surface area (Å²) in [5, 5.41) is 0.234. The predicted octanol–water partition coefficient (Wildman–Crippen LogP) is 2.77. The monoisotopic (exact) mass is 294 g/mol. The largest absolute Gasteiger partial charge is 0.464 e. The minimum absolute atomic E-state index is 0.0929. The maximum absolute atomic E-state index is 12.6. The second kappa shape index (κ2) is 4.99. The molecule has 0 saturated heterocycles. The van der Waals surface area contributed by atoms with Crippen molar-refractivity contribution in [3.05, 3.63) is 10.6 Å². The fourth-order valence-corrected chi connectivity index (χ4v) is 2.69. The molecular weight excluding hydrogens is 281 g/mol. The zero-order valence-electron chi connectivity index (χ0n) is 10.5. The van der Waals surface area contributed by atoms with E-state index in [1.807, 2.05) is 0 Å². The first-order valence-corrected chi connectivity index (χ1v) is 6.52. The van der Waals surface area contributed by atoms with E-state index in [-0.39, 0.29) is 16.9 Å². The highest BCUT2D eigenvalue weighted by Crippen LogP contribution is 2.37. The third-order valence-electron chi connectivity index (χ3n) is 2.75. The van der Waals surface area contributed by atoms with Crippen LogP contribution in [0.1, 0.15) is 28.2 Å². The van der Waals surface area contributed by atoms with Gasteiger partial charge in [-0.3, -0.25) is 0 Å². The van der Waals surface area contributed by atoms with Crippen LogP contribution in [0.5, 0.6) is 0 Å². The molecule has 4 nitrogen and oxygen atoms in total. The van der Waals surface area contributed by atoms with Crippen molar-refractivity contribution in [2.75, 3.05) is 18.6 Å². The van der Waals surface area contributed by atoms with Crippen LogP contribution in [0.25, 0.3) is 0 Å². The predicted molar refractivity (Wildman–Crippen MR) is 64.6 cm³/mol. The summed E-state index contributed by atoms with van der Waals surface area (Å²) in [5.41, 5.74) is 0.0929. The van der Waals surface area contributed by atoms with E-state index in [4.69, 9.17) is 0 Å². The van der Waals surface area contributed by atoms with Crippen LogP contribution < -0.4 is 4.90 Å². The highest BCUT2D eigenvalue weighted by Gasteiger charge is 2.39. The maximum Gasteiger partial charge on any atom is 0.406 e. The van der Waals surface area contributed by atoms with E-state index in [2.05, 4.69) is 9.72 Å². The molecule has 1 aliphatic rings. The molecule has 0 aliphatic heterocycles. The van der Waals surface area contributed by atoms with Crippen LogP contribution in [-0.4, -0.2) is 36.8 Å². The van der Waals surface area contributed by atoms with Gasteiger partial charge in [-0.05, 0) is 19.8 Å². The summed E-state index contributed by atoms with van der Waals surface area (Å²) in [6, 6.07) is -0.127. The SMILES string of the molecule is COC(=O)c1nc(N(CC(F)(F)F)C2CC2)sc1C. The lowest BCUT2D eigenvalue weighted by Gasteiger charge is -2.22. The van der Waals surface area contributed by atoms with E-state index in [1.54, 1.807) is 6.92 Å². The summed E-state index contributed by atoms with van der Waals surface area (Å²) in [5.74, 6) is -0.622. The number of carbonyl (C=O) groups is 1. The highest BCUT2D eigenvalue weighted by molar-refractivity contribution is 7.15. The molecule has 0 atom stereocenters. The second-order valence-electron chi connectivity index (χ2n) is 4.37. The van der Waals surface area contributed by atoms with Gasteiger partial charge in [0.1, 0.15) is 6.54 Å². The molecule has 0 amide bonds. The van der Waals surface area contributed by atoms with Gasteiger partial charge in [0.2, 0.25) is 0 Å². The molecule has 1 fully saturated rings. The van der Waals surface area contributed by atoms with Crippen LogP contribution in [0.15, 0.2) is 0 Å². The molecule has 0 aromatic carbocycles. The van der Waals surface area contributed by atoms with Gasteiger partial charge in [-0.2, -0.15) is 13.2 Å². The summed E-state index contributed by atoms with van der Waals surface area (Å²) in [4.78, 5) is 17.2. The fraction of sp³-hybridized carbons (Fsp3) is 0.636. The summed E-state index contributed by atoms with van der Waals surface area (Å²) >= 11 is 1.09. The van der Waals surface area contributed by atoms with Gasteiger partial charge in [-0.15, -0.1) is 11.3 Å². The Balaban J connectivity index is 2.25. The van der Waals surface area contributed by atoms with E-state index in [1.165, 1.54) is 12.0 Å². The maximum atomic E-state index is 12.6. The molecule has 0 bridgehead atoms. The molecule has 1 heterocycles. The number of anilines is 1. The van der Waals surface area contributed by atoms with E-state index in [0.29, 0.717) is 4.88 Å². The lowest BCUT2D eigenvalue weighted by molar-refractivity contribution is -0.120. The van der Waals surface area contributed by atoms with Crippen molar-refractivity contribution in [1.82, 2.24) is 4.98 Å². The van der Waals surface area contributed by atoms with E-state index in [0.717, 1.165) is 24.2 Å². The Morgan fingerprint density at radius 1 is 1.53 bits per heavy atom. The number of halogens is 3. The molecule has 1 aromatic rings. The second-order valence-corrected chi connectivity index (χ2v) is 5.55. The molecule has 1 saturated carbocycles. The molecule has 8 heteroatoms. The number of esters is 1. The average molecular weight is 294 g/mol. The zero-order valence-corrected chi connectivity index (χ0v) is 11.3. The number of rotatable bonds is 4. The molecule has 0 spiro atoms. The Kier molecular flexibility index (Phi) is 3.71. The van der Waals surface area contributed by atoms with Crippen LogP contribution >= 0.6 is 11.3 Å². The molecule has 0 radical (unpaired) electrons. The van der Waals surface area contributed by atoms with Crippen molar-refractivity contribution < 1.29 is 22.7 Å². The highest BCUT2D eigenvalue weighted by atomic mass is 32.1. The fourth-order valence-electron chi connectivity index (χ4n) is 1.72. The lowest BCUT2D eigenvalue weighted by Crippen LogP contribution is -2.35. The van der Waals surface area contributed by atoms with Gasteiger partial charge in [0.25, 0.3) is 0 Å². The number of hydrogen-bond acceptors (Lipinski definition) is 5. The number of carbonyl (C=O) groups excluding carboxylic acids is 1. The molecule has 1 aromatic heterocycles. The van der Waals surface area contributed by atoms with Gasteiger partial charge in [0.15, 0.2) is 10.8 Å². The van der Waals surface area contributed by atoms with Crippen molar-refractivity contribution in [2.24, 2.45) is 0 Å². The molecule has 1 aliphatic carbocycles. The van der Waals surface area contributed by atoms with Crippen LogP contribution in [0.3, 0.4) is 0 Å². The normalized spacial score (nSPS) is 15.4. The number of ether oxygens (including phenoxy) is 1. The minimum Gasteiger partial charge on any atom is -0.464 e. The number of nitrogens with zero attached hydrogens (tertiary/aromatic N) is 2. The molecule has 2 rings (SSSR count). The summed E-state index contributed by atoms with van der Waals surface area (Å²) < 4.78 is 42.2. The van der Waals surface area contributed by atoms with Gasteiger partial charge >= 0.3 is 12.1 Å². The first kappa shape index (κ1) is 14.1. The molecule has 19 heavy (non-hydrogen) atoms. The summed E-state index contributed by atoms with van der Waals surface area (Å²) in [7, 11) is 1.22. The molecule has 0 N–H and O–H groups in total. The van der Waals surface area contributed by atoms with Crippen LogP contribution in [0.4, 0.5) is 18.3 Å². The number of alkyl halides is 3. The number of hydrogen-bond donors (Lipinski definition) is 0. The van der Waals surface area contributed by atoms with Gasteiger partial charge in [-0.1, -0.05) is 0 Å². The van der Waals surface area contributed by atoms with E-state index < -0.39 is 18.7 Å². The summed E-state index contributed by atoms with van der Waals surface area (Å²) in [6.07, 6.45) is -2.84. The van der Waals surface area contributed by atoms with Crippen LogP contribution in [0, 0.1) is 6.92 Å². The third kappa shape index (κ3) is 3.37. The smallest absolute Gasteiger partial charge is 0.406 e. The van der Waals surface area contributed by atoms with Gasteiger partial charge in [0, 0.05) is 10.9 Å². The minimum atomic E-state index is -4.28. The molecule has 106 valence electrons. The number of methoxy groups -OCH3 is 1. The standard InChI is InChI=1S/C11H13F3N2O2S/c1-6-8(9(17)18-2)15-10(19-6)16(7-3-4-7)5-11(12,13)14/h7H,3-5H2,1-2H3. The Bertz CT molecular complexity index is 483. The van der Waals surface area contributed by atoms with Gasteiger partial charge in [-0.25, -0.2) is 9.78 Å². The van der Waals surface area contributed by atoms with Crippen molar-refractivity contribution in [3.8, 4) is 0 Å². The Morgan fingerprint density at radius 3 is 2.63 bits per heavy atom. The van der Waals surface area contributed by atoms with E-state index in [9.17, 15) is 18.0 Å². The van der Waals surface area contributed by atoms with Gasteiger partial charge < -0.3 is 9.64 Å². The number of thiazole rings is 1. The van der Waals surface area contributed by atoms with Crippen molar-refractivity contribution in [3.63, 3.8) is 0 Å². The quantitative estimate of drug-likeness (QED) is 0.801. The summed E-state index contributed by atoms with van der Waals surface area (Å²) in [6.45, 7) is 0.608. The lowest BCUT2D eigenvalue weighted by atomic mass is 10.4. The van der Waals surface area contributed by atoms with E-state index >= 15 is 0 Å². The van der Waals surface area contributed by atoms with Crippen LogP contribution in [0.2, 0.25) is 0 Å². The van der Waals surface area contributed by atoms with Crippen molar-refractivity contribution in [1.29, 1.82) is 0 Å². The first-order chi connectivity index (χ1) is 8.81. The van der Waals surface area contributed by atoms with Crippen molar-refractivity contribution >= 4 is 22.4 Å². The van der Waals surface area contributed by atoms with Crippen molar-refractivity contribution in [2.45, 2.75) is 32.0 Å². The van der Waals surface area contributed by atoms with Crippen LogP contribution in [-0.2, 0) is 4.74 Å². The Labute approximate surface area is 112 Å². The zero-order chi connectivity index (χ0) is 14.2. The van der Waals surface area contributed by atoms with Gasteiger partial charge in [0.05, 0.1) is 7.11 Å². The Hall–Kier alpha value is -1.31. The molecular formula is C11H13F3N2O2S. The Morgan fingerprint density at radius 2 is 2.16 bits per heavy atom.